The summed E-state index contributed by atoms with van der Waals surface area (Å²) in [5.41, 5.74) is 3.92. The molecule has 0 fully saturated rings. The van der Waals surface area contributed by atoms with Crippen molar-refractivity contribution in [2.75, 3.05) is 13.7 Å². The first-order valence-electron chi connectivity index (χ1n) is 13.3. The van der Waals surface area contributed by atoms with Crippen LogP contribution in [0.2, 0.25) is 10.0 Å². The second-order valence-corrected chi connectivity index (χ2v) is 12.5. The minimum absolute atomic E-state index is 0.206. The largest absolute Gasteiger partial charge is 0.493 e. The average molecular weight is 702 g/mol. The summed E-state index contributed by atoms with van der Waals surface area (Å²) in [6.07, 6.45) is 1.77. The molecule has 0 saturated heterocycles. The summed E-state index contributed by atoms with van der Waals surface area (Å²) in [5, 5.41) is 1.05. The maximum Gasteiger partial charge on any atom is 0.338 e. The molecule has 3 aromatic carbocycles. The van der Waals surface area contributed by atoms with Gasteiger partial charge in [-0.1, -0.05) is 86.4 Å². The summed E-state index contributed by atoms with van der Waals surface area (Å²) in [7, 11) is 1.55. The highest BCUT2D eigenvalue weighted by atomic mass is 79.9. The van der Waals surface area contributed by atoms with E-state index in [2.05, 4.69) is 20.9 Å². The summed E-state index contributed by atoms with van der Waals surface area (Å²) in [5.74, 6) is 0.477. The van der Waals surface area contributed by atoms with Crippen LogP contribution in [0.25, 0.3) is 6.08 Å². The number of esters is 1. The predicted octanol–water partition coefficient (Wildman–Crippen LogP) is 6.76. The summed E-state index contributed by atoms with van der Waals surface area (Å²) in [4.78, 5) is 32.2. The quantitative estimate of drug-likeness (QED) is 0.190. The number of benzene rings is 3. The number of aromatic nitrogens is 1. The first-order chi connectivity index (χ1) is 20.6. The molecule has 11 heteroatoms. The van der Waals surface area contributed by atoms with Crippen LogP contribution in [0.3, 0.4) is 0 Å². The van der Waals surface area contributed by atoms with Gasteiger partial charge in [-0.2, -0.15) is 0 Å². The molecule has 7 nitrogen and oxygen atoms in total. The third-order valence-corrected chi connectivity index (χ3v) is 9.13. The van der Waals surface area contributed by atoms with E-state index in [1.807, 2.05) is 31.2 Å². The topological polar surface area (TPSA) is 79.1 Å². The zero-order valence-corrected chi connectivity index (χ0v) is 27.7. The number of hydrogen-bond acceptors (Lipinski definition) is 7. The van der Waals surface area contributed by atoms with Crippen LogP contribution in [0.1, 0.15) is 42.1 Å². The number of methoxy groups -OCH3 is 1. The fourth-order valence-electron chi connectivity index (χ4n) is 4.72. The molecule has 1 aliphatic rings. The number of fused-ring (bicyclic) bond motifs is 1. The van der Waals surface area contributed by atoms with Crippen molar-refractivity contribution in [3.05, 3.63) is 122 Å². The van der Waals surface area contributed by atoms with E-state index >= 15 is 0 Å². The van der Waals surface area contributed by atoms with E-state index in [9.17, 15) is 9.59 Å². The lowest BCUT2D eigenvalue weighted by Crippen LogP contribution is -2.39. The zero-order valence-electron chi connectivity index (χ0n) is 23.7. The second-order valence-electron chi connectivity index (χ2n) is 9.76. The molecule has 43 heavy (non-hydrogen) atoms. The van der Waals surface area contributed by atoms with Crippen molar-refractivity contribution in [3.63, 3.8) is 0 Å². The van der Waals surface area contributed by atoms with Crippen LogP contribution in [-0.2, 0) is 16.1 Å². The maximum atomic E-state index is 14.0. The van der Waals surface area contributed by atoms with E-state index in [1.165, 1.54) is 11.3 Å². The number of halogens is 3. The third-order valence-electron chi connectivity index (χ3n) is 6.88. The zero-order chi connectivity index (χ0) is 30.8. The number of allylic oxidation sites excluding steroid dienone is 1. The van der Waals surface area contributed by atoms with Gasteiger partial charge < -0.3 is 14.2 Å². The standard InChI is InChI=1S/C32H27BrCl2N2O5S/c1-5-41-31(39)28-18(3)36-32-37(29(28)19-8-6-17(2)7-9-19)30(38)27(43-32)13-21-12-25(40-4)26(15-23(21)33)42-16-20-10-11-22(34)14-24(20)35/h6-15,29H,5,16H2,1-4H3/b27-13+/t29-/m1/s1. The Bertz CT molecular complexity index is 1930. The van der Waals surface area contributed by atoms with Crippen LogP contribution in [0.5, 0.6) is 11.5 Å². The lowest BCUT2D eigenvalue weighted by Gasteiger charge is -2.24. The van der Waals surface area contributed by atoms with Gasteiger partial charge in [-0.15, -0.1) is 0 Å². The molecule has 1 atom stereocenters. The number of ether oxygens (including phenoxy) is 3. The minimum atomic E-state index is -0.675. The monoisotopic (exact) mass is 700 g/mol. The molecule has 0 N–H and O–H groups in total. The van der Waals surface area contributed by atoms with E-state index in [-0.39, 0.29) is 18.8 Å². The van der Waals surface area contributed by atoms with E-state index in [4.69, 9.17) is 37.4 Å². The smallest absolute Gasteiger partial charge is 0.338 e. The fourth-order valence-corrected chi connectivity index (χ4v) is 6.66. The number of rotatable bonds is 8. The van der Waals surface area contributed by atoms with Crippen LogP contribution in [-0.4, -0.2) is 24.3 Å². The van der Waals surface area contributed by atoms with E-state index in [1.54, 1.807) is 61.9 Å². The fraction of sp³-hybridized carbons (Fsp3) is 0.219. The van der Waals surface area contributed by atoms with E-state index in [0.717, 1.165) is 16.7 Å². The second kappa shape index (κ2) is 13.1. The molecule has 0 aliphatic carbocycles. The Hall–Kier alpha value is -3.37. The van der Waals surface area contributed by atoms with E-state index < -0.39 is 12.0 Å². The van der Waals surface area contributed by atoms with Gasteiger partial charge in [0.25, 0.3) is 5.56 Å². The molecule has 4 aromatic rings. The Balaban J connectivity index is 1.57. The van der Waals surface area contributed by atoms with Gasteiger partial charge in [0.05, 0.1) is 35.6 Å². The van der Waals surface area contributed by atoms with Gasteiger partial charge in [0, 0.05) is 20.1 Å². The Morgan fingerprint density at radius 3 is 2.51 bits per heavy atom. The van der Waals surface area contributed by atoms with Crippen molar-refractivity contribution in [1.82, 2.24) is 4.57 Å². The molecule has 5 rings (SSSR count). The van der Waals surface area contributed by atoms with Crippen molar-refractivity contribution >= 4 is 62.5 Å². The van der Waals surface area contributed by atoms with Crippen LogP contribution >= 0.6 is 50.5 Å². The third kappa shape index (κ3) is 6.45. The van der Waals surface area contributed by atoms with Crippen molar-refractivity contribution in [3.8, 4) is 11.5 Å². The van der Waals surface area contributed by atoms with Crippen molar-refractivity contribution in [2.24, 2.45) is 4.99 Å². The summed E-state index contributed by atoms with van der Waals surface area (Å²) < 4.78 is 19.7. The summed E-state index contributed by atoms with van der Waals surface area (Å²) >= 11 is 17.2. The SMILES string of the molecule is CCOC(=O)C1=C(C)N=c2s/c(=C/c3cc(OC)c(OCc4ccc(Cl)cc4Cl)cc3Br)c(=O)n2[C@@H]1c1ccc(C)cc1. The van der Waals surface area contributed by atoms with Gasteiger partial charge in [-0.3, -0.25) is 9.36 Å². The predicted molar refractivity (Wildman–Crippen MR) is 173 cm³/mol. The molecule has 2 heterocycles. The molecule has 0 spiro atoms. The molecule has 0 unspecified atom stereocenters. The Labute approximate surface area is 270 Å². The number of nitrogens with zero attached hydrogens (tertiary/aromatic N) is 2. The first kappa shape index (κ1) is 31.1. The first-order valence-corrected chi connectivity index (χ1v) is 15.7. The Kier molecular flexibility index (Phi) is 9.46. The Morgan fingerprint density at radius 2 is 1.84 bits per heavy atom. The van der Waals surface area contributed by atoms with Crippen LogP contribution in [0, 0.1) is 6.92 Å². The normalized spacial score (nSPS) is 14.8. The van der Waals surface area contributed by atoms with Crippen LogP contribution in [0.4, 0.5) is 0 Å². The molecule has 0 bridgehead atoms. The number of aryl methyl sites for hydroxylation is 1. The number of carbonyl (C=O) groups is 1. The molecule has 1 aromatic heterocycles. The molecule has 222 valence electrons. The summed E-state index contributed by atoms with van der Waals surface area (Å²) in [6.45, 7) is 5.92. The van der Waals surface area contributed by atoms with Crippen molar-refractivity contribution in [1.29, 1.82) is 0 Å². The number of carbonyl (C=O) groups excluding carboxylic acids is 1. The number of thiazole rings is 1. The van der Waals surface area contributed by atoms with Crippen LogP contribution in [0.15, 0.2) is 80.1 Å². The molecular weight excluding hydrogens is 675 g/mol. The molecule has 0 amide bonds. The Morgan fingerprint density at radius 1 is 1.09 bits per heavy atom. The van der Waals surface area contributed by atoms with Crippen LogP contribution < -0.4 is 24.4 Å². The highest BCUT2D eigenvalue weighted by molar-refractivity contribution is 9.10. The highest BCUT2D eigenvalue weighted by Gasteiger charge is 2.33. The van der Waals surface area contributed by atoms with Gasteiger partial charge in [-0.25, -0.2) is 9.79 Å². The molecule has 1 aliphatic heterocycles. The van der Waals surface area contributed by atoms with Gasteiger partial charge in [0.2, 0.25) is 0 Å². The lowest BCUT2D eigenvalue weighted by molar-refractivity contribution is -0.139. The summed E-state index contributed by atoms with van der Waals surface area (Å²) in [6, 6.07) is 15.9. The number of hydrogen-bond donors (Lipinski definition) is 0. The minimum Gasteiger partial charge on any atom is -0.493 e. The molecule has 0 radical (unpaired) electrons. The lowest BCUT2D eigenvalue weighted by atomic mass is 9.95. The molecule has 0 saturated carbocycles. The van der Waals surface area contributed by atoms with Gasteiger partial charge >= 0.3 is 5.97 Å². The van der Waals surface area contributed by atoms with Gasteiger partial charge in [-0.05, 0) is 62.2 Å². The maximum absolute atomic E-state index is 14.0. The van der Waals surface area contributed by atoms with Crippen molar-refractivity contribution < 1.29 is 19.0 Å². The average Bonchev–Trinajstić information content (AvgIpc) is 3.27. The van der Waals surface area contributed by atoms with Crippen molar-refractivity contribution in [2.45, 2.75) is 33.4 Å². The van der Waals surface area contributed by atoms with Gasteiger partial charge in [0.15, 0.2) is 16.3 Å². The highest BCUT2D eigenvalue weighted by Crippen LogP contribution is 2.35. The van der Waals surface area contributed by atoms with Gasteiger partial charge in [0.1, 0.15) is 6.61 Å². The van der Waals surface area contributed by atoms with E-state index in [0.29, 0.717) is 52.2 Å². The molecular formula is C32H27BrCl2N2O5S.